The van der Waals surface area contributed by atoms with Crippen LogP contribution in [-0.2, 0) is 16.1 Å². The van der Waals surface area contributed by atoms with Crippen LogP contribution >= 0.6 is 11.6 Å². The number of rotatable bonds is 8. The van der Waals surface area contributed by atoms with Gasteiger partial charge in [0.05, 0.1) is 13.2 Å². The first-order chi connectivity index (χ1) is 11.5. The van der Waals surface area contributed by atoms with Gasteiger partial charge in [0, 0.05) is 17.6 Å². The molecule has 0 heterocycles. The summed E-state index contributed by atoms with van der Waals surface area (Å²) in [6.45, 7) is 2.04. The lowest BCUT2D eigenvalue weighted by molar-refractivity contribution is -0.114. The van der Waals surface area contributed by atoms with E-state index >= 15 is 0 Å². The molecule has 0 aromatic heterocycles. The molecule has 2 rings (SSSR count). The number of hydrogen-bond donors (Lipinski definition) is 2. The molecule has 1 amide bonds. The molecule has 0 aliphatic rings. The van der Waals surface area contributed by atoms with E-state index in [-0.39, 0.29) is 19.1 Å². The summed E-state index contributed by atoms with van der Waals surface area (Å²) in [5.74, 6) is 0.476. The van der Waals surface area contributed by atoms with Gasteiger partial charge in [0.25, 0.3) is 0 Å². The molecule has 24 heavy (non-hydrogen) atoms. The summed E-state index contributed by atoms with van der Waals surface area (Å²) in [5, 5.41) is 13.2. The molecule has 0 saturated heterocycles. The molecular formula is C18H20ClNO4. The SMILES string of the molecule is CC(=O)Nc1ccc(OC[C@@H](O)COCc2ccccc2Cl)cc1. The Morgan fingerprint density at radius 1 is 1.17 bits per heavy atom. The Morgan fingerprint density at radius 2 is 1.88 bits per heavy atom. The van der Waals surface area contributed by atoms with Gasteiger partial charge >= 0.3 is 0 Å². The van der Waals surface area contributed by atoms with Crippen LogP contribution in [-0.4, -0.2) is 30.3 Å². The van der Waals surface area contributed by atoms with Gasteiger partial charge < -0.3 is 19.9 Å². The highest BCUT2D eigenvalue weighted by atomic mass is 35.5. The van der Waals surface area contributed by atoms with Crippen molar-refractivity contribution in [1.29, 1.82) is 0 Å². The average Bonchev–Trinajstić information content (AvgIpc) is 2.55. The third kappa shape index (κ3) is 6.20. The van der Waals surface area contributed by atoms with E-state index in [0.717, 1.165) is 5.56 Å². The number of amides is 1. The summed E-state index contributed by atoms with van der Waals surface area (Å²) in [7, 11) is 0. The Kier molecular flexibility index (Phi) is 7.06. The number of nitrogens with one attached hydrogen (secondary N) is 1. The topological polar surface area (TPSA) is 67.8 Å². The molecule has 2 aromatic rings. The molecule has 0 aliphatic heterocycles. The number of hydrogen-bond acceptors (Lipinski definition) is 4. The smallest absolute Gasteiger partial charge is 0.221 e. The quantitative estimate of drug-likeness (QED) is 0.767. The molecule has 0 radical (unpaired) electrons. The Labute approximate surface area is 146 Å². The van der Waals surface area contributed by atoms with Gasteiger partial charge in [0.2, 0.25) is 5.91 Å². The zero-order valence-corrected chi connectivity index (χ0v) is 14.1. The standard InChI is InChI=1S/C18H20ClNO4/c1-13(21)20-15-6-8-17(9-7-15)24-12-16(22)11-23-10-14-4-2-3-5-18(14)19/h2-9,16,22H,10-12H2,1H3,(H,20,21)/t16-/m0/s1. The fraction of sp³-hybridized carbons (Fsp3) is 0.278. The maximum atomic E-state index is 10.9. The number of aliphatic hydroxyl groups excluding tert-OH is 1. The maximum Gasteiger partial charge on any atom is 0.221 e. The minimum Gasteiger partial charge on any atom is -0.491 e. The first-order valence-corrected chi connectivity index (χ1v) is 7.92. The van der Waals surface area contributed by atoms with Crippen molar-refractivity contribution in [3.8, 4) is 5.75 Å². The molecule has 0 fully saturated rings. The van der Waals surface area contributed by atoms with Crippen LogP contribution < -0.4 is 10.1 Å². The van der Waals surface area contributed by atoms with Crippen molar-refractivity contribution in [2.24, 2.45) is 0 Å². The van der Waals surface area contributed by atoms with Gasteiger partial charge in [-0.3, -0.25) is 4.79 Å². The Bertz CT molecular complexity index is 660. The second-order valence-electron chi connectivity index (χ2n) is 5.28. The van der Waals surface area contributed by atoms with Crippen LogP contribution in [0.3, 0.4) is 0 Å². The first kappa shape index (κ1) is 18.3. The van der Waals surface area contributed by atoms with Crippen molar-refractivity contribution in [2.45, 2.75) is 19.6 Å². The van der Waals surface area contributed by atoms with Gasteiger partial charge in [0.15, 0.2) is 0 Å². The summed E-state index contributed by atoms with van der Waals surface area (Å²) in [4.78, 5) is 10.9. The summed E-state index contributed by atoms with van der Waals surface area (Å²) >= 11 is 6.03. The fourth-order valence-corrected chi connectivity index (χ4v) is 2.19. The predicted molar refractivity (Wildman–Crippen MR) is 93.4 cm³/mol. The molecule has 0 spiro atoms. The van der Waals surface area contributed by atoms with Crippen LogP contribution in [0.2, 0.25) is 5.02 Å². The van der Waals surface area contributed by atoms with E-state index in [2.05, 4.69) is 5.32 Å². The number of carbonyl (C=O) groups is 1. The van der Waals surface area contributed by atoms with Crippen LogP contribution in [0.4, 0.5) is 5.69 Å². The summed E-state index contributed by atoms with van der Waals surface area (Å²) < 4.78 is 10.9. The van der Waals surface area contributed by atoms with E-state index < -0.39 is 6.10 Å². The normalized spacial score (nSPS) is 11.8. The second-order valence-corrected chi connectivity index (χ2v) is 5.68. The third-order valence-electron chi connectivity index (χ3n) is 3.14. The second kappa shape index (κ2) is 9.27. The van der Waals surface area contributed by atoms with E-state index in [1.54, 1.807) is 30.3 Å². The number of benzene rings is 2. The molecule has 0 aliphatic carbocycles. The number of carbonyl (C=O) groups excluding carboxylic acids is 1. The summed E-state index contributed by atoms with van der Waals surface area (Å²) in [5.41, 5.74) is 1.57. The molecule has 128 valence electrons. The Hall–Kier alpha value is -2.08. The highest BCUT2D eigenvalue weighted by Gasteiger charge is 2.07. The maximum absolute atomic E-state index is 10.9. The van der Waals surface area contributed by atoms with Crippen molar-refractivity contribution >= 4 is 23.2 Å². The number of aliphatic hydroxyl groups is 1. The highest BCUT2D eigenvalue weighted by Crippen LogP contribution is 2.17. The zero-order valence-electron chi connectivity index (χ0n) is 13.4. The van der Waals surface area contributed by atoms with E-state index in [9.17, 15) is 9.90 Å². The van der Waals surface area contributed by atoms with Crippen molar-refractivity contribution in [2.75, 3.05) is 18.5 Å². The monoisotopic (exact) mass is 349 g/mol. The predicted octanol–water partition coefficient (Wildman–Crippen LogP) is 3.25. The van der Waals surface area contributed by atoms with E-state index in [4.69, 9.17) is 21.1 Å². The van der Waals surface area contributed by atoms with Crippen LogP contribution in [0, 0.1) is 0 Å². The van der Waals surface area contributed by atoms with Gasteiger partial charge in [-0.25, -0.2) is 0 Å². The van der Waals surface area contributed by atoms with Crippen molar-refractivity contribution in [3.05, 3.63) is 59.1 Å². The molecule has 2 N–H and O–H groups in total. The van der Waals surface area contributed by atoms with E-state index in [1.807, 2.05) is 18.2 Å². The average molecular weight is 350 g/mol. The third-order valence-corrected chi connectivity index (χ3v) is 3.51. The number of halogens is 1. The van der Waals surface area contributed by atoms with Crippen molar-refractivity contribution in [1.82, 2.24) is 0 Å². The van der Waals surface area contributed by atoms with E-state index in [0.29, 0.717) is 23.1 Å². The van der Waals surface area contributed by atoms with Gasteiger partial charge in [0.1, 0.15) is 18.5 Å². The minimum absolute atomic E-state index is 0.113. The number of anilines is 1. The molecular weight excluding hydrogens is 330 g/mol. The molecule has 6 heteroatoms. The largest absolute Gasteiger partial charge is 0.491 e. The van der Waals surface area contributed by atoms with Crippen molar-refractivity contribution in [3.63, 3.8) is 0 Å². The van der Waals surface area contributed by atoms with Crippen LogP contribution in [0.25, 0.3) is 0 Å². The van der Waals surface area contributed by atoms with E-state index in [1.165, 1.54) is 6.92 Å². The fourth-order valence-electron chi connectivity index (χ4n) is 2.00. The zero-order chi connectivity index (χ0) is 17.4. The Balaban J connectivity index is 1.70. The van der Waals surface area contributed by atoms with Crippen molar-refractivity contribution < 1.29 is 19.4 Å². The Morgan fingerprint density at radius 3 is 2.54 bits per heavy atom. The molecule has 0 unspecified atom stereocenters. The molecule has 1 atom stereocenters. The highest BCUT2D eigenvalue weighted by molar-refractivity contribution is 6.31. The summed E-state index contributed by atoms with van der Waals surface area (Å²) in [6, 6.07) is 14.3. The van der Waals surface area contributed by atoms with Crippen LogP contribution in [0.5, 0.6) is 5.75 Å². The molecule has 0 saturated carbocycles. The van der Waals surface area contributed by atoms with Crippen LogP contribution in [0.1, 0.15) is 12.5 Å². The number of ether oxygens (including phenoxy) is 2. The van der Waals surface area contributed by atoms with Gasteiger partial charge in [-0.2, -0.15) is 0 Å². The van der Waals surface area contributed by atoms with Crippen LogP contribution in [0.15, 0.2) is 48.5 Å². The lowest BCUT2D eigenvalue weighted by Crippen LogP contribution is -2.23. The molecule has 2 aromatic carbocycles. The molecule has 0 bridgehead atoms. The molecule has 5 nitrogen and oxygen atoms in total. The summed E-state index contributed by atoms with van der Waals surface area (Å²) in [6.07, 6.45) is -0.748. The van der Waals surface area contributed by atoms with Gasteiger partial charge in [-0.15, -0.1) is 0 Å². The van der Waals surface area contributed by atoms with Gasteiger partial charge in [-0.05, 0) is 35.9 Å². The first-order valence-electron chi connectivity index (χ1n) is 7.54. The lowest BCUT2D eigenvalue weighted by atomic mass is 10.2. The minimum atomic E-state index is -0.748. The van der Waals surface area contributed by atoms with Gasteiger partial charge in [-0.1, -0.05) is 29.8 Å². The lowest BCUT2D eigenvalue weighted by Gasteiger charge is -2.13.